The van der Waals surface area contributed by atoms with Gasteiger partial charge in [0.1, 0.15) is 5.75 Å². The van der Waals surface area contributed by atoms with E-state index in [1.807, 2.05) is 6.92 Å². The molecule has 1 aromatic rings. The van der Waals surface area contributed by atoms with Gasteiger partial charge in [0.15, 0.2) is 0 Å². The summed E-state index contributed by atoms with van der Waals surface area (Å²) in [6, 6.07) is 6.12. The summed E-state index contributed by atoms with van der Waals surface area (Å²) >= 11 is 0. The normalized spacial score (nSPS) is 19.6. The Kier molecular flexibility index (Phi) is 6.29. The third-order valence-electron chi connectivity index (χ3n) is 4.24. The summed E-state index contributed by atoms with van der Waals surface area (Å²) in [5.74, 6) is -6.22. The SMILES string of the molecule is CCOc1ccc(C(=O)NCC(=O)N2C[C@@H](C(F)(F)F)[C@H](C(=O)O)C2)cc1. The largest absolute Gasteiger partial charge is 0.494 e. The van der Waals surface area contributed by atoms with Gasteiger partial charge in [0.2, 0.25) is 5.91 Å². The van der Waals surface area contributed by atoms with Crippen LogP contribution >= 0.6 is 0 Å². The fourth-order valence-electron chi connectivity index (χ4n) is 2.83. The van der Waals surface area contributed by atoms with Gasteiger partial charge >= 0.3 is 12.1 Å². The highest BCUT2D eigenvalue weighted by atomic mass is 19.4. The van der Waals surface area contributed by atoms with E-state index in [1.165, 1.54) is 12.1 Å². The number of likely N-dealkylation sites (tertiary alicyclic amines) is 1. The Bertz CT molecular complexity index is 706. The van der Waals surface area contributed by atoms with Crippen LogP contribution in [0.4, 0.5) is 13.2 Å². The summed E-state index contributed by atoms with van der Waals surface area (Å²) < 4.78 is 44.1. The van der Waals surface area contributed by atoms with Crippen molar-refractivity contribution in [2.45, 2.75) is 13.1 Å². The summed E-state index contributed by atoms with van der Waals surface area (Å²) in [5, 5.41) is 11.3. The molecule has 0 spiro atoms. The molecule has 0 unspecified atom stereocenters. The monoisotopic (exact) mass is 388 g/mol. The first-order valence-electron chi connectivity index (χ1n) is 8.21. The number of halogens is 3. The average molecular weight is 388 g/mol. The molecule has 2 N–H and O–H groups in total. The molecule has 0 radical (unpaired) electrons. The van der Waals surface area contributed by atoms with Crippen molar-refractivity contribution in [3.8, 4) is 5.75 Å². The van der Waals surface area contributed by atoms with Crippen LogP contribution in [-0.2, 0) is 9.59 Å². The highest BCUT2D eigenvalue weighted by Crippen LogP contribution is 2.37. The van der Waals surface area contributed by atoms with Crippen LogP contribution in [0.1, 0.15) is 17.3 Å². The number of nitrogens with zero attached hydrogens (tertiary/aromatic N) is 1. The van der Waals surface area contributed by atoms with E-state index in [2.05, 4.69) is 5.32 Å². The Labute approximate surface area is 153 Å². The van der Waals surface area contributed by atoms with E-state index in [0.717, 1.165) is 4.90 Å². The Morgan fingerprint density at radius 2 is 1.85 bits per heavy atom. The molecule has 1 aliphatic heterocycles. The molecule has 2 rings (SSSR count). The van der Waals surface area contributed by atoms with Gasteiger partial charge in [-0.1, -0.05) is 0 Å². The van der Waals surface area contributed by atoms with Crippen LogP contribution in [0.25, 0.3) is 0 Å². The number of benzene rings is 1. The molecular weight excluding hydrogens is 369 g/mol. The van der Waals surface area contributed by atoms with Crippen molar-refractivity contribution < 1.29 is 37.4 Å². The number of carboxylic acids is 1. The Morgan fingerprint density at radius 3 is 2.33 bits per heavy atom. The number of carbonyl (C=O) groups excluding carboxylic acids is 2. The molecular formula is C17H19F3N2O5. The molecule has 0 aliphatic carbocycles. The average Bonchev–Trinajstić information content (AvgIpc) is 3.06. The lowest BCUT2D eigenvalue weighted by Crippen LogP contribution is -2.39. The molecule has 2 amide bonds. The minimum Gasteiger partial charge on any atom is -0.494 e. The number of amides is 2. The third kappa shape index (κ3) is 5.11. The van der Waals surface area contributed by atoms with Crippen molar-refractivity contribution >= 4 is 17.8 Å². The van der Waals surface area contributed by atoms with Crippen molar-refractivity contribution in [3.63, 3.8) is 0 Å². The van der Waals surface area contributed by atoms with Crippen molar-refractivity contribution in [1.82, 2.24) is 10.2 Å². The lowest BCUT2D eigenvalue weighted by atomic mass is 9.96. The first-order chi connectivity index (χ1) is 12.6. The van der Waals surface area contributed by atoms with E-state index < -0.39 is 55.4 Å². The van der Waals surface area contributed by atoms with E-state index >= 15 is 0 Å². The van der Waals surface area contributed by atoms with Gasteiger partial charge in [-0.25, -0.2) is 0 Å². The fourth-order valence-corrected chi connectivity index (χ4v) is 2.83. The molecule has 2 atom stereocenters. The second-order valence-electron chi connectivity index (χ2n) is 6.03. The number of hydrogen-bond acceptors (Lipinski definition) is 4. The maximum atomic E-state index is 12.9. The number of carbonyl (C=O) groups is 3. The van der Waals surface area contributed by atoms with Crippen molar-refractivity contribution in [3.05, 3.63) is 29.8 Å². The summed E-state index contributed by atoms with van der Waals surface area (Å²) in [4.78, 5) is 36.0. The van der Waals surface area contributed by atoms with Crippen LogP contribution in [0.2, 0.25) is 0 Å². The van der Waals surface area contributed by atoms with Gasteiger partial charge in [-0.15, -0.1) is 0 Å². The van der Waals surface area contributed by atoms with Gasteiger partial charge in [-0.2, -0.15) is 13.2 Å². The van der Waals surface area contributed by atoms with Crippen LogP contribution in [0.5, 0.6) is 5.75 Å². The van der Waals surface area contributed by atoms with Crippen molar-refractivity contribution in [1.29, 1.82) is 0 Å². The zero-order chi connectivity index (χ0) is 20.2. The number of ether oxygens (including phenoxy) is 1. The maximum Gasteiger partial charge on any atom is 0.394 e. The van der Waals surface area contributed by atoms with Crippen LogP contribution in [0.3, 0.4) is 0 Å². The molecule has 0 saturated carbocycles. The summed E-state index contributed by atoms with van der Waals surface area (Å²) in [6.45, 7) is 0.466. The van der Waals surface area contributed by atoms with E-state index in [0.29, 0.717) is 12.4 Å². The minimum atomic E-state index is -4.72. The zero-order valence-corrected chi connectivity index (χ0v) is 14.5. The van der Waals surface area contributed by atoms with Crippen molar-refractivity contribution in [2.75, 3.05) is 26.2 Å². The molecule has 1 aliphatic rings. The number of nitrogens with one attached hydrogen (secondary N) is 1. The number of rotatable bonds is 6. The van der Waals surface area contributed by atoms with E-state index in [-0.39, 0.29) is 5.56 Å². The molecule has 27 heavy (non-hydrogen) atoms. The molecule has 10 heteroatoms. The van der Waals surface area contributed by atoms with Gasteiger partial charge < -0.3 is 20.1 Å². The highest BCUT2D eigenvalue weighted by molar-refractivity contribution is 5.96. The molecule has 1 aromatic carbocycles. The van der Waals surface area contributed by atoms with Crippen LogP contribution in [0, 0.1) is 11.8 Å². The van der Waals surface area contributed by atoms with Gasteiger partial charge in [-0.3, -0.25) is 14.4 Å². The lowest BCUT2D eigenvalue weighted by Gasteiger charge is -2.18. The molecule has 148 valence electrons. The molecule has 7 nitrogen and oxygen atoms in total. The Morgan fingerprint density at radius 1 is 1.22 bits per heavy atom. The van der Waals surface area contributed by atoms with Gasteiger partial charge in [0.25, 0.3) is 5.91 Å². The lowest BCUT2D eigenvalue weighted by molar-refractivity contribution is -0.188. The number of carboxylic acid groups (broad SMARTS) is 1. The molecule has 0 aromatic heterocycles. The minimum absolute atomic E-state index is 0.254. The third-order valence-corrected chi connectivity index (χ3v) is 4.24. The summed E-state index contributed by atoms with van der Waals surface area (Å²) in [6.07, 6.45) is -4.72. The standard InChI is InChI=1S/C17H19F3N2O5/c1-2-27-11-5-3-10(4-6-11)15(24)21-7-14(23)22-8-12(16(25)26)13(9-22)17(18,19)20/h3-6,12-13H,2,7-9H2,1H3,(H,21,24)(H,25,26)/t12-,13-/m1/s1. The first kappa shape index (κ1) is 20.5. The second-order valence-corrected chi connectivity index (χ2v) is 6.03. The van der Waals surface area contributed by atoms with E-state index in [1.54, 1.807) is 12.1 Å². The number of hydrogen-bond donors (Lipinski definition) is 2. The molecule has 0 bridgehead atoms. The van der Waals surface area contributed by atoms with Crippen LogP contribution in [-0.4, -0.2) is 60.2 Å². The smallest absolute Gasteiger partial charge is 0.394 e. The first-order valence-corrected chi connectivity index (χ1v) is 8.21. The zero-order valence-electron chi connectivity index (χ0n) is 14.5. The predicted molar refractivity (Wildman–Crippen MR) is 87.2 cm³/mol. The van der Waals surface area contributed by atoms with E-state index in [4.69, 9.17) is 9.84 Å². The van der Waals surface area contributed by atoms with Crippen LogP contribution < -0.4 is 10.1 Å². The fraction of sp³-hybridized carbons (Fsp3) is 0.471. The van der Waals surface area contributed by atoms with Gasteiger partial charge in [0.05, 0.1) is 25.0 Å². The Balaban J connectivity index is 1.93. The van der Waals surface area contributed by atoms with Gasteiger partial charge in [-0.05, 0) is 31.2 Å². The van der Waals surface area contributed by atoms with Gasteiger partial charge in [0, 0.05) is 18.7 Å². The second kappa shape index (κ2) is 8.28. The summed E-state index contributed by atoms with van der Waals surface area (Å²) in [5.41, 5.74) is 0.254. The summed E-state index contributed by atoms with van der Waals surface area (Å²) in [7, 11) is 0. The topological polar surface area (TPSA) is 95.9 Å². The predicted octanol–water partition coefficient (Wildman–Crippen LogP) is 1.54. The maximum absolute atomic E-state index is 12.9. The van der Waals surface area contributed by atoms with E-state index in [9.17, 15) is 27.6 Å². The number of alkyl halides is 3. The highest BCUT2D eigenvalue weighted by Gasteiger charge is 2.53. The van der Waals surface area contributed by atoms with Crippen molar-refractivity contribution in [2.24, 2.45) is 11.8 Å². The molecule has 1 fully saturated rings. The number of aliphatic carboxylic acids is 1. The molecule has 1 heterocycles. The Hall–Kier alpha value is -2.78. The molecule has 1 saturated heterocycles. The quantitative estimate of drug-likeness (QED) is 0.771. The van der Waals surface area contributed by atoms with Crippen LogP contribution in [0.15, 0.2) is 24.3 Å².